The number of amides is 1. The highest BCUT2D eigenvalue weighted by Crippen LogP contribution is 2.39. The van der Waals surface area contributed by atoms with Gasteiger partial charge in [-0.25, -0.2) is 13.2 Å². The Morgan fingerprint density at radius 3 is 2.73 bits per heavy atom. The molecule has 8 nitrogen and oxygen atoms in total. The van der Waals surface area contributed by atoms with Gasteiger partial charge in [0.2, 0.25) is 5.91 Å². The molecule has 2 aliphatic heterocycles. The van der Waals surface area contributed by atoms with Gasteiger partial charge in [0.05, 0.1) is 17.0 Å². The van der Waals surface area contributed by atoms with Crippen LogP contribution in [0.25, 0.3) is 0 Å². The van der Waals surface area contributed by atoms with Crippen molar-refractivity contribution in [2.24, 2.45) is 0 Å². The van der Waals surface area contributed by atoms with E-state index in [9.17, 15) is 18.0 Å². The average Bonchev–Trinajstić information content (AvgIpc) is 3.51. The zero-order valence-corrected chi connectivity index (χ0v) is 21.6. The molecule has 0 radical (unpaired) electrons. The quantitative estimate of drug-likeness (QED) is 0.546. The van der Waals surface area contributed by atoms with Crippen LogP contribution in [0.4, 0.5) is 5.00 Å². The van der Waals surface area contributed by atoms with Crippen LogP contribution in [0, 0.1) is 0 Å². The smallest absolute Gasteiger partial charge is 0.341 e. The van der Waals surface area contributed by atoms with Crippen LogP contribution in [0.1, 0.15) is 47.0 Å². The summed E-state index contributed by atoms with van der Waals surface area (Å²) in [5.41, 5.74) is 1.30. The summed E-state index contributed by atoms with van der Waals surface area (Å²) >= 11 is 8.27. The van der Waals surface area contributed by atoms with Crippen molar-refractivity contribution in [3.8, 4) is 0 Å². The number of carbonyl (C=O) groups excluding carboxylic acids is 2. The molecule has 4 heterocycles. The van der Waals surface area contributed by atoms with Crippen molar-refractivity contribution in [3.63, 3.8) is 0 Å². The summed E-state index contributed by atoms with van der Waals surface area (Å²) in [4.78, 5) is 29.2. The lowest BCUT2D eigenvalue weighted by molar-refractivity contribution is -0.119. The number of hydrogen-bond acceptors (Lipinski definition) is 8. The molecule has 2 aliphatic rings. The van der Waals surface area contributed by atoms with Crippen molar-refractivity contribution in [2.75, 3.05) is 32.1 Å². The van der Waals surface area contributed by atoms with E-state index in [0.29, 0.717) is 34.2 Å². The Morgan fingerprint density at radius 1 is 1.27 bits per heavy atom. The van der Waals surface area contributed by atoms with E-state index in [1.807, 2.05) is 0 Å². The fourth-order valence-electron chi connectivity index (χ4n) is 4.41. The number of nitrogens with one attached hydrogen (secondary N) is 1. The molecule has 4 rings (SSSR count). The molecular weight excluding hydrogens is 506 g/mol. The van der Waals surface area contributed by atoms with Crippen LogP contribution in [-0.2, 0) is 32.5 Å². The molecule has 1 N–H and O–H groups in total. The summed E-state index contributed by atoms with van der Waals surface area (Å²) in [5.74, 6) is -0.927. The van der Waals surface area contributed by atoms with Crippen molar-refractivity contribution >= 4 is 61.2 Å². The summed E-state index contributed by atoms with van der Waals surface area (Å²) in [5, 5.41) is 3.29. The lowest BCUT2D eigenvalue weighted by Gasteiger charge is -2.26. The molecule has 1 atom stereocenters. The van der Waals surface area contributed by atoms with Gasteiger partial charge >= 0.3 is 5.97 Å². The zero-order chi connectivity index (χ0) is 23.8. The second-order valence-corrected chi connectivity index (χ2v) is 13.0. The summed E-state index contributed by atoms with van der Waals surface area (Å²) in [6.45, 7) is 4.91. The number of rotatable bonds is 7. The predicted octanol–water partition coefficient (Wildman–Crippen LogP) is 3.81. The number of carbonyl (C=O) groups is 2. The van der Waals surface area contributed by atoms with E-state index in [-0.39, 0.29) is 10.8 Å². The molecule has 1 unspecified atom stereocenters. The van der Waals surface area contributed by atoms with Gasteiger partial charge in [-0.2, -0.15) is 4.31 Å². The predicted molar refractivity (Wildman–Crippen MR) is 130 cm³/mol. The van der Waals surface area contributed by atoms with Crippen molar-refractivity contribution in [2.45, 2.75) is 49.4 Å². The number of halogens is 1. The highest BCUT2D eigenvalue weighted by Gasteiger charge is 2.41. The number of anilines is 1. The van der Waals surface area contributed by atoms with E-state index in [1.54, 1.807) is 0 Å². The van der Waals surface area contributed by atoms with Gasteiger partial charge in [0.1, 0.15) is 15.3 Å². The van der Waals surface area contributed by atoms with Crippen molar-refractivity contribution in [3.05, 3.63) is 32.5 Å². The largest absolute Gasteiger partial charge is 0.465 e. The normalized spacial score (nSPS) is 19.4. The Labute approximate surface area is 206 Å². The molecule has 2 aromatic heterocycles. The van der Waals surface area contributed by atoms with E-state index in [2.05, 4.69) is 17.1 Å². The molecule has 1 saturated heterocycles. The summed E-state index contributed by atoms with van der Waals surface area (Å²) in [6.07, 6.45) is 2.73. The summed E-state index contributed by atoms with van der Waals surface area (Å²) < 4.78 is 33.0. The number of esters is 1. The lowest BCUT2D eigenvalue weighted by atomic mass is 10.0. The van der Waals surface area contributed by atoms with Crippen molar-refractivity contribution in [1.82, 2.24) is 9.21 Å². The maximum atomic E-state index is 13.3. The van der Waals surface area contributed by atoms with Gasteiger partial charge in [-0.3, -0.25) is 9.69 Å². The van der Waals surface area contributed by atoms with Gasteiger partial charge in [0.25, 0.3) is 10.0 Å². The third-order valence-electron chi connectivity index (χ3n) is 5.92. The van der Waals surface area contributed by atoms with Gasteiger partial charge in [0.15, 0.2) is 0 Å². The molecule has 0 aliphatic carbocycles. The van der Waals surface area contributed by atoms with Crippen LogP contribution in [0.3, 0.4) is 0 Å². The third kappa shape index (κ3) is 4.85. The summed E-state index contributed by atoms with van der Waals surface area (Å²) in [7, 11) is -2.52. The second-order valence-electron chi connectivity index (χ2n) is 8.05. The molecule has 33 heavy (non-hydrogen) atoms. The SMILES string of the molecule is CCCN1CCc2c(sc(NC(=O)C3CCCN3S(=O)(=O)c3ccc(Cl)s3)c2C(=O)OC)C1. The van der Waals surface area contributed by atoms with Crippen LogP contribution in [0.15, 0.2) is 16.3 Å². The van der Waals surface area contributed by atoms with Crippen LogP contribution in [0.2, 0.25) is 4.34 Å². The Morgan fingerprint density at radius 2 is 2.06 bits per heavy atom. The minimum atomic E-state index is -3.84. The highest BCUT2D eigenvalue weighted by atomic mass is 35.5. The fraction of sp³-hybridized carbons (Fsp3) is 0.524. The first-order valence-electron chi connectivity index (χ1n) is 10.8. The van der Waals surface area contributed by atoms with E-state index in [4.69, 9.17) is 16.3 Å². The maximum Gasteiger partial charge on any atom is 0.341 e. The second kappa shape index (κ2) is 10.0. The number of methoxy groups -OCH3 is 1. The Kier molecular flexibility index (Phi) is 7.47. The minimum absolute atomic E-state index is 0.116. The van der Waals surface area contributed by atoms with Gasteiger partial charge in [-0.1, -0.05) is 18.5 Å². The van der Waals surface area contributed by atoms with E-state index in [0.717, 1.165) is 47.8 Å². The van der Waals surface area contributed by atoms with Gasteiger partial charge < -0.3 is 10.1 Å². The monoisotopic (exact) mass is 531 g/mol. The first-order valence-corrected chi connectivity index (χ1v) is 14.2. The van der Waals surface area contributed by atoms with Gasteiger partial charge in [0, 0.05) is 24.5 Å². The topological polar surface area (TPSA) is 96.0 Å². The van der Waals surface area contributed by atoms with Crippen molar-refractivity contribution in [1.29, 1.82) is 0 Å². The average molecular weight is 532 g/mol. The van der Waals surface area contributed by atoms with Crippen LogP contribution < -0.4 is 5.32 Å². The third-order valence-corrected chi connectivity index (χ3v) is 10.7. The first-order chi connectivity index (χ1) is 15.8. The first kappa shape index (κ1) is 24.6. The molecule has 12 heteroatoms. The standard InChI is InChI=1S/C21H26ClN3O5S3/c1-3-9-24-11-8-13-15(12-24)31-20(18(13)21(27)30-2)23-19(26)14-5-4-10-25(14)33(28,29)17-7-6-16(22)32-17/h6-7,14H,3-5,8-12H2,1-2H3,(H,23,26). The summed E-state index contributed by atoms with van der Waals surface area (Å²) in [6, 6.07) is 2.14. The van der Waals surface area contributed by atoms with E-state index >= 15 is 0 Å². The maximum absolute atomic E-state index is 13.3. The Hall–Kier alpha value is -1.50. The fourth-order valence-corrected chi connectivity index (χ4v) is 8.96. The lowest BCUT2D eigenvalue weighted by Crippen LogP contribution is -2.42. The van der Waals surface area contributed by atoms with Crippen LogP contribution >= 0.6 is 34.3 Å². The van der Waals surface area contributed by atoms with E-state index in [1.165, 1.54) is 34.9 Å². The van der Waals surface area contributed by atoms with Crippen LogP contribution in [0.5, 0.6) is 0 Å². The molecule has 0 spiro atoms. The number of thiophene rings is 2. The number of nitrogens with zero attached hydrogens (tertiary/aromatic N) is 2. The molecule has 1 amide bonds. The number of hydrogen-bond donors (Lipinski definition) is 1. The molecule has 1 fully saturated rings. The highest BCUT2D eigenvalue weighted by molar-refractivity contribution is 7.91. The Bertz CT molecular complexity index is 1160. The Balaban J connectivity index is 1.59. The number of sulfonamides is 1. The van der Waals surface area contributed by atoms with Crippen LogP contribution in [-0.4, -0.2) is 62.3 Å². The zero-order valence-electron chi connectivity index (χ0n) is 18.4. The molecule has 0 saturated carbocycles. The molecule has 0 aromatic carbocycles. The minimum Gasteiger partial charge on any atom is -0.465 e. The number of fused-ring (bicyclic) bond motifs is 1. The van der Waals surface area contributed by atoms with Crippen molar-refractivity contribution < 1.29 is 22.7 Å². The molecule has 180 valence electrons. The van der Waals surface area contributed by atoms with Gasteiger partial charge in [-0.05, 0) is 49.9 Å². The molecule has 2 aromatic rings. The van der Waals surface area contributed by atoms with Gasteiger partial charge in [-0.15, -0.1) is 22.7 Å². The number of ether oxygens (including phenoxy) is 1. The molecule has 0 bridgehead atoms. The van der Waals surface area contributed by atoms with E-state index < -0.39 is 27.9 Å². The molecular formula is C21H26ClN3O5S3.